The summed E-state index contributed by atoms with van der Waals surface area (Å²) in [6, 6.07) is 4.18. The fourth-order valence-electron chi connectivity index (χ4n) is 2.02. The Balaban J connectivity index is 3.13. The van der Waals surface area contributed by atoms with Crippen LogP contribution in [0.2, 0.25) is 0 Å². The lowest BCUT2D eigenvalue weighted by molar-refractivity contribution is -0.137. The summed E-state index contributed by atoms with van der Waals surface area (Å²) < 4.78 is 31.6. The minimum absolute atomic E-state index is 0.0565. The first-order chi connectivity index (χ1) is 11.2. The lowest BCUT2D eigenvalue weighted by Gasteiger charge is -2.20. The van der Waals surface area contributed by atoms with Gasteiger partial charge in [0, 0.05) is 25.8 Å². The van der Waals surface area contributed by atoms with Crippen molar-refractivity contribution < 1.29 is 27.9 Å². The average Bonchev–Trinajstić information content (AvgIpc) is 2.52. The monoisotopic (exact) mass is 358 g/mol. The number of benzene rings is 1. The summed E-state index contributed by atoms with van der Waals surface area (Å²) in [5.74, 6) is -1.65. The predicted molar refractivity (Wildman–Crippen MR) is 87.5 cm³/mol. The lowest BCUT2D eigenvalue weighted by atomic mass is 10.1. The SMILES string of the molecule is CCN(CC(=O)O)C(=O)c1cc(S(=O)(=O)NCCOC)ccc1C. The molecular weight excluding hydrogens is 336 g/mol. The van der Waals surface area contributed by atoms with Crippen molar-refractivity contribution in [2.24, 2.45) is 0 Å². The van der Waals surface area contributed by atoms with E-state index in [2.05, 4.69) is 4.72 Å². The zero-order valence-electron chi connectivity index (χ0n) is 13.9. The Morgan fingerprint density at radius 3 is 2.54 bits per heavy atom. The van der Waals surface area contributed by atoms with Gasteiger partial charge < -0.3 is 14.7 Å². The normalized spacial score (nSPS) is 11.3. The van der Waals surface area contributed by atoms with Gasteiger partial charge in [0.15, 0.2) is 0 Å². The molecule has 1 rings (SSSR count). The number of ether oxygens (including phenoxy) is 1. The number of hydrogen-bond acceptors (Lipinski definition) is 5. The number of carbonyl (C=O) groups excluding carboxylic acids is 1. The molecule has 1 aromatic rings. The summed E-state index contributed by atoms with van der Waals surface area (Å²) >= 11 is 0. The molecule has 8 nitrogen and oxygen atoms in total. The fraction of sp³-hybridized carbons (Fsp3) is 0.467. The van der Waals surface area contributed by atoms with Crippen LogP contribution in [0.1, 0.15) is 22.8 Å². The van der Waals surface area contributed by atoms with Crippen LogP contribution in [0.15, 0.2) is 23.1 Å². The van der Waals surface area contributed by atoms with Gasteiger partial charge >= 0.3 is 5.97 Å². The average molecular weight is 358 g/mol. The Morgan fingerprint density at radius 2 is 2.00 bits per heavy atom. The highest BCUT2D eigenvalue weighted by atomic mass is 32.2. The van der Waals surface area contributed by atoms with Gasteiger partial charge in [0.2, 0.25) is 10.0 Å². The molecule has 0 aliphatic heterocycles. The Kier molecular flexibility index (Phi) is 7.33. The summed E-state index contributed by atoms with van der Waals surface area (Å²) in [7, 11) is -2.32. The van der Waals surface area contributed by atoms with Crippen molar-refractivity contribution in [1.29, 1.82) is 0 Å². The molecule has 9 heteroatoms. The van der Waals surface area contributed by atoms with Gasteiger partial charge in [-0.1, -0.05) is 6.07 Å². The Hall–Kier alpha value is -1.97. The molecule has 0 saturated carbocycles. The third-order valence-electron chi connectivity index (χ3n) is 3.34. The number of aryl methyl sites for hydroxylation is 1. The smallest absolute Gasteiger partial charge is 0.323 e. The summed E-state index contributed by atoms with van der Waals surface area (Å²) in [6.07, 6.45) is 0. The third kappa shape index (κ3) is 5.29. The van der Waals surface area contributed by atoms with Crippen molar-refractivity contribution in [3.8, 4) is 0 Å². The lowest BCUT2D eigenvalue weighted by Crippen LogP contribution is -2.36. The summed E-state index contributed by atoms with van der Waals surface area (Å²) in [4.78, 5) is 24.4. The molecule has 0 aromatic heterocycles. The largest absolute Gasteiger partial charge is 0.480 e. The molecule has 0 spiro atoms. The summed E-state index contributed by atoms with van der Waals surface area (Å²) in [5, 5.41) is 8.87. The van der Waals surface area contributed by atoms with E-state index in [1.807, 2.05) is 0 Å². The predicted octanol–water partition coefficient (Wildman–Crippen LogP) is 0.466. The number of amides is 1. The second-order valence-electron chi connectivity index (χ2n) is 5.08. The topological polar surface area (TPSA) is 113 Å². The van der Waals surface area contributed by atoms with Gasteiger partial charge in [0.1, 0.15) is 6.54 Å². The van der Waals surface area contributed by atoms with Gasteiger partial charge in [0.25, 0.3) is 5.91 Å². The zero-order valence-corrected chi connectivity index (χ0v) is 14.7. The minimum atomic E-state index is -3.78. The molecule has 2 N–H and O–H groups in total. The number of aliphatic carboxylic acids is 1. The second-order valence-corrected chi connectivity index (χ2v) is 6.85. The zero-order chi connectivity index (χ0) is 18.3. The molecule has 0 atom stereocenters. The highest BCUT2D eigenvalue weighted by molar-refractivity contribution is 7.89. The molecule has 0 aliphatic carbocycles. The second kappa shape index (κ2) is 8.76. The number of carboxylic acid groups (broad SMARTS) is 1. The molecule has 134 valence electrons. The maximum absolute atomic E-state index is 12.5. The molecule has 1 aromatic carbocycles. The van der Waals surface area contributed by atoms with Crippen LogP contribution in [0.3, 0.4) is 0 Å². The molecule has 0 saturated heterocycles. The number of rotatable bonds is 9. The molecule has 0 heterocycles. The van der Waals surface area contributed by atoms with Crippen LogP contribution in [-0.2, 0) is 19.6 Å². The Morgan fingerprint density at radius 1 is 1.33 bits per heavy atom. The fourth-order valence-corrected chi connectivity index (χ4v) is 3.06. The van der Waals surface area contributed by atoms with E-state index < -0.39 is 28.4 Å². The standard InChI is InChI=1S/C15H22N2O6S/c1-4-17(10-14(18)19)15(20)13-9-12(6-5-11(13)2)24(21,22)16-7-8-23-3/h5-6,9,16H,4,7-8,10H2,1-3H3,(H,18,19). The summed E-state index contributed by atoms with van der Waals surface area (Å²) in [5.41, 5.74) is 0.729. The van der Waals surface area contributed by atoms with Crippen LogP contribution in [0.25, 0.3) is 0 Å². The Labute approximate surface area is 141 Å². The van der Waals surface area contributed by atoms with Crippen molar-refractivity contribution in [2.75, 3.05) is 33.4 Å². The van der Waals surface area contributed by atoms with Crippen LogP contribution < -0.4 is 4.72 Å². The van der Waals surface area contributed by atoms with Crippen LogP contribution in [0, 0.1) is 6.92 Å². The van der Waals surface area contributed by atoms with Gasteiger partial charge in [-0.3, -0.25) is 9.59 Å². The number of hydrogen-bond donors (Lipinski definition) is 2. The quantitative estimate of drug-likeness (QED) is 0.620. The van der Waals surface area contributed by atoms with E-state index in [1.54, 1.807) is 13.8 Å². The number of sulfonamides is 1. The van der Waals surface area contributed by atoms with E-state index >= 15 is 0 Å². The van der Waals surface area contributed by atoms with Gasteiger partial charge in [-0.15, -0.1) is 0 Å². The first-order valence-corrected chi connectivity index (χ1v) is 8.81. The molecular formula is C15H22N2O6S. The number of nitrogens with one attached hydrogen (secondary N) is 1. The molecule has 24 heavy (non-hydrogen) atoms. The van der Waals surface area contributed by atoms with E-state index in [-0.39, 0.29) is 30.2 Å². The van der Waals surface area contributed by atoms with E-state index in [4.69, 9.17) is 9.84 Å². The first-order valence-electron chi connectivity index (χ1n) is 7.33. The number of nitrogens with zero attached hydrogens (tertiary/aromatic N) is 1. The van der Waals surface area contributed by atoms with Crippen molar-refractivity contribution in [3.63, 3.8) is 0 Å². The van der Waals surface area contributed by atoms with Gasteiger partial charge in [-0.2, -0.15) is 0 Å². The van der Waals surface area contributed by atoms with Crippen molar-refractivity contribution in [3.05, 3.63) is 29.3 Å². The van der Waals surface area contributed by atoms with Gasteiger partial charge in [0.05, 0.1) is 11.5 Å². The highest BCUT2D eigenvalue weighted by Crippen LogP contribution is 2.17. The summed E-state index contributed by atoms with van der Waals surface area (Å²) in [6.45, 7) is 3.40. The van der Waals surface area contributed by atoms with Crippen molar-refractivity contribution >= 4 is 21.9 Å². The van der Waals surface area contributed by atoms with Crippen molar-refractivity contribution in [1.82, 2.24) is 9.62 Å². The number of carbonyl (C=O) groups is 2. The van der Waals surface area contributed by atoms with E-state index in [0.29, 0.717) is 5.56 Å². The maximum Gasteiger partial charge on any atom is 0.323 e. The van der Waals surface area contributed by atoms with E-state index in [1.165, 1.54) is 25.3 Å². The molecule has 0 unspecified atom stereocenters. The van der Waals surface area contributed by atoms with Gasteiger partial charge in [-0.25, -0.2) is 13.1 Å². The number of methoxy groups -OCH3 is 1. The minimum Gasteiger partial charge on any atom is -0.480 e. The van der Waals surface area contributed by atoms with Crippen molar-refractivity contribution in [2.45, 2.75) is 18.7 Å². The maximum atomic E-state index is 12.5. The molecule has 1 amide bonds. The molecule has 0 bridgehead atoms. The van der Waals surface area contributed by atoms with Gasteiger partial charge in [-0.05, 0) is 31.5 Å². The Bertz CT molecular complexity index is 702. The molecule has 0 aliphatic rings. The van der Waals surface area contributed by atoms with Crippen LogP contribution in [0.5, 0.6) is 0 Å². The highest BCUT2D eigenvalue weighted by Gasteiger charge is 2.22. The molecule has 0 radical (unpaired) electrons. The van der Waals surface area contributed by atoms with E-state index in [9.17, 15) is 18.0 Å². The van der Waals surface area contributed by atoms with Crippen LogP contribution >= 0.6 is 0 Å². The van der Waals surface area contributed by atoms with Crippen LogP contribution in [0.4, 0.5) is 0 Å². The molecule has 0 fully saturated rings. The van der Waals surface area contributed by atoms with E-state index in [0.717, 1.165) is 4.90 Å². The van der Waals surface area contributed by atoms with Crippen LogP contribution in [-0.4, -0.2) is 63.7 Å². The number of carboxylic acids is 1. The third-order valence-corrected chi connectivity index (χ3v) is 4.80. The first kappa shape index (κ1) is 20.1. The number of likely N-dealkylation sites (N-methyl/N-ethyl adjacent to an activating group) is 1.